The minimum atomic E-state index is -3.72. The summed E-state index contributed by atoms with van der Waals surface area (Å²) in [6.45, 7) is 3.85. The molecule has 2 rings (SSSR count). The molecule has 6 nitrogen and oxygen atoms in total. The molecule has 0 saturated heterocycles. The first-order valence-electron chi connectivity index (χ1n) is 7.80. The number of hydrogen-bond acceptors (Lipinski definition) is 5. The van der Waals surface area contributed by atoms with E-state index in [1.54, 1.807) is 38.5 Å². The Kier molecular flexibility index (Phi) is 6.57. The van der Waals surface area contributed by atoms with Crippen molar-refractivity contribution in [3.8, 4) is 5.75 Å². The largest absolute Gasteiger partial charge is 0.496 e. The molecule has 2 aromatic rings. The van der Waals surface area contributed by atoms with Gasteiger partial charge in [-0.1, -0.05) is 38.1 Å². The van der Waals surface area contributed by atoms with Crippen molar-refractivity contribution in [1.29, 1.82) is 0 Å². The molecule has 25 heavy (non-hydrogen) atoms. The zero-order valence-corrected chi connectivity index (χ0v) is 16.0. The summed E-state index contributed by atoms with van der Waals surface area (Å²) in [4.78, 5) is 12.5. The standard InChI is InChI=1S/C17H22N2O4S2/c1-12(2)16(19-25(21,22)15-9-6-10-24-15)17(20)18-11-13-7-4-5-8-14(13)23-3/h4-10,12,16,19H,11H2,1-3H3,(H,18,20). The lowest BCUT2D eigenvalue weighted by Gasteiger charge is -2.21. The number of para-hydroxylation sites is 1. The van der Waals surface area contributed by atoms with E-state index in [2.05, 4.69) is 10.0 Å². The molecular formula is C17H22N2O4S2. The Labute approximate surface area is 152 Å². The number of sulfonamides is 1. The molecule has 1 aromatic carbocycles. The number of hydrogen-bond donors (Lipinski definition) is 2. The maximum Gasteiger partial charge on any atom is 0.250 e. The van der Waals surface area contributed by atoms with E-state index in [-0.39, 0.29) is 22.6 Å². The van der Waals surface area contributed by atoms with E-state index in [9.17, 15) is 13.2 Å². The number of amides is 1. The molecule has 0 aliphatic heterocycles. The molecular weight excluding hydrogens is 360 g/mol. The van der Waals surface area contributed by atoms with Crippen molar-refractivity contribution in [3.05, 3.63) is 47.3 Å². The highest BCUT2D eigenvalue weighted by molar-refractivity contribution is 7.91. The molecule has 1 amide bonds. The van der Waals surface area contributed by atoms with Gasteiger partial charge >= 0.3 is 0 Å². The van der Waals surface area contributed by atoms with Crippen LogP contribution >= 0.6 is 11.3 Å². The Morgan fingerprint density at radius 1 is 1.20 bits per heavy atom. The van der Waals surface area contributed by atoms with Gasteiger partial charge in [0.25, 0.3) is 10.0 Å². The molecule has 0 spiro atoms. The SMILES string of the molecule is COc1ccccc1CNC(=O)C(NS(=O)(=O)c1cccs1)C(C)C. The molecule has 8 heteroatoms. The average Bonchev–Trinajstić information content (AvgIpc) is 3.13. The molecule has 0 radical (unpaired) electrons. The van der Waals surface area contributed by atoms with E-state index in [0.717, 1.165) is 16.9 Å². The fourth-order valence-electron chi connectivity index (χ4n) is 2.28. The Hall–Kier alpha value is -1.90. The van der Waals surface area contributed by atoms with Crippen LogP contribution in [0.1, 0.15) is 19.4 Å². The first-order chi connectivity index (χ1) is 11.8. The fourth-order valence-corrected chi connectivity index (χ4v) is 4.63. The van der Waals surface area contributed by atoms with Crippen LogP contribution in [-0.2, 0) is 21.4 Å². The van der Waals surface area contributed by atoms with Gasteiger partial charge in [0.05, 0.1) is 7.11 Å². The van der Waals surface area contributed by atoms with Gasteiger partial charge in [0, 0.05) is 12.1 Å². The van der Waals surface area contributed by atoms with Gasteiger partial charge in [-0.2, -0.15) is 4.72 Å². The molecule has 0 fully saturated rings. The predicted molar refractivity (Wildman–Crippen MR) is 98.1 cm³/mol. The number of methoxy groups -OCH3 is 1. The lowest BCUT2D eigenvalue weighted by molar-refractivity contribution is -0.123. The first-order valence-corrected chi connectivity index (χ1v) is 10.2. The number of nitrogens with one attached hydrogen (secondary N) is 2. The molecule has 1 aromatic heterocycles. The summed E-state index contributed by atoms with van der Waals surface area (Å²) in [7, 11) is -2.16. The minimum absolute atomic E-state index is 0.190. The van der Waals surface area contributed by atoms with E-state index in [1.165, 1.54) is 6.07 Å². The summed E-state index contributed by atoms with van der Waals surface area (Å²) in [5.74, 6) is 0.0940. The molecule has 0 saturated carbocycles. The van der Waals surface area contributed by atoms with E-state index < -0.39 is 16.1 Å². The van der Waals surface area contributed by atoms with Crippen LogP contribution in [-0.4, -0.2) is 27.5 Å². The maximum atomic E-state index is 12.5. The molecule has 0 aliphatic carbocycles. The number of benzene rings is 1. The van der Waals surface area contributed by atoms with E-state index in [0.29, 0.717) is 5.75 Å². The van der Waals surface area contributed by atoms with E-state index in [1.807, 2.05) is 18.2 Å². The van der Waals surface area contributed by atoms with Crippen LogP contribution < -0.4 is 14.8 Å². The predicted octanol–water partition coefficient (Wildman–Crippen LogP) is 2.38. The summed E-state index contributed by atoms with van der Waals surface area (Å²) in [6, 6.07) is 9.66. The normalized spacial score (nSPS) is 12.8. The van der Waals surface area contributed by atoms with Crippen LogP contribution in [0.2, 0.25) is 0 Å². The van der Waals surface area contributed by atoms with Crippen LogP contribution in [0.15, 0.2) is 46.0 Å². The van der Waals surface area contributed by atoms with Crippen LogP contribution in [0.5, 0.6) is 5.75 Å². The Bertz CT molecular complexity index is 802. The van der Waals surface area contributed by atoms with Crippen LogP contribution in [0.25, 0.3) is 0 Å². The molecule has 0 aliphatic rings. The maximum absolute atomic E-state index is 12.5. The van der Waals surface area contributed by atoms with E-state index in [4.69, 9.17) is 4.74 Å². The van der Waals surface area contributed by atoms with Crippen molar-refractivity contribution in [2.45, 2.75) is 30.6 Å². The summed E-state index contributed by atoms with van der Waals surface area (Å²) < 4.78 is 32.7. The van der Waals surface area contributed by atoms with Crippen molar-refractivity contribution in [2.24, 2.45) is 5.92 Å². The third-order valence-corrected chi connectivity index (χ3v) is 6.48. The molecule has 2 N–H and O–H groups in total. The second-order valence-corrected chi connectivity index (χ2v) is 8.69. The summed E-state index contributed by atoms with van der Waals surface area (Å²) in [5, 5.41) is 4.46. The minimum Gasteiger partial charge on any atom is -0.496 e. The fraction of sp³-hybridized carbons (Fsp3) is 0.353. The second kappa shape index (κ2) is 8.46. The van der Waals surface area contributed by atoms with Crippen LogP contribution in [0.4, 0.5) is 0 Å². The van der Waals surface area contributed by atoms with Crippen LogP contribution in [0, 0.1) is 5.92 Å². The third-order valence-electron chi connectivity index (χ3n) is 3.64. The van der Waals surface area contributed by atoms with Crippen molar-refractivity contribution < 1.29 is 17.9 Å². The van der Waals surface area contributed by atoms with Crippen molar-refractivity contribution in [1.82, 2.24) is 10.0 Å². The number of thiophene rings is 1. The highest BCUT2D eigenvalue weighted by Crippen LogP contribution is 2.19. The Morgan fingerprint density at radius 3 is 2.52 bits per heavy atom. The smallest absolute Gasteiger partial charge is 0.250 e. The highest BCUT2D eigenvalue weighted by Gasteiger charge is 2.28. The van der Waals surface area contributed by atoms with Gasteiger partial charge in [-0.15, -0.1) is 11.3 Å². The zero-order valence-electron chi connectivity index (χ0n) is 14.4. The molecule has 1 atom stereocenters. The van der Waals surface area contributed by atoms with Gasteiger partial charge in [-0.3, -0.25) is 4.79 Å². The lowest BCUT2D eigenvalue weighted by atomic mass is 10.0. The molecule has 1 heterocycles. The lowest BCUT2D eigenvalue weighted by Crippen LogP contribution is -2.49. The summed E-state index contributed by atoms with van der Waals surface area (Å²) in [6.07, 6.45) is 0. The monoisotopic (exact) mass is 382 g/mol. The van der Waals surface area contributed by atoms with Gasteiger partial charge in [-0.25, -0.2) is 8.42 Å². The second-order valence-electron chi connectivity index (χ2n) is 5.80. The van der Waals surface area contributed by atoms with Crippen molar-refractivity contribution >= 4 is 27.3 Å². The number of ether oxygens (including phenoxy) is 1. The number of carbonyl (C=O) groups is 1. The van der Waals surface area contributed by atoms with E-state index >= 15 is 0 Å². The summed E-state index contributed by atoms with van der Waals surface area (Å²) >= 11 is 1.11. The number of carbonyl (C=O) groups excluding carboxylic acids is 1. The average molecular weight is 383 g/mol. The zero-order chi connectivity index (χ0) is 18.4. The van der Waals surface area contributed by atoms with Gasteiger partial charge in [-0.05, 0) is 23.4 Å². The Balaban J connectivity index is 2.08. The Morgan fingerprint density at radius 2 is 1.92 bits per heavy atom. The topological polar surface area (TPSA) is 84.5 Å². The van der Waals surface area contributed by atoms with Gasteiger partial charge in [0.1, 0.15) is 16.0 Å². The molecule has 136 valence electrons. The quantitative estimate of drug-likeness (QED) is 0.734. The summed E-state index contributed by atoms with van der Waals surface area (Å²) in [5.41, 5.74) is 0.821. The van der Waals surface area contributed by atoms with Gasteiger partial charge < -0.3 is 10.1 Å². The highest BCUT2D eigenvalue weighted by atomic mass is 32.2. The van der Waals surface area contributed by atoms with Gasteiger partial charge in [0.2, 0.25) is 5.91 Å². The molecule has 1 unspecified atom stereocenters. The van der Waals surface area contributed by atoms with Crippen molar-refractivity contribution in [2.75, 3.05) is 7.11 Å². The van der Waals surface area contributed by atoms with Gasteiger partial charge in [0.15, 0.2) is 0 Å². The first kappa shape index (κ1) is 19.4. The number of rotatable bonds is 8. The molecule has 0 bridgehead atoms. The third kappa shape index (κ3) is 5.04. The van der Waals surface area contributed by atoms with Crippen molar-refractivity contribution in [3.63, 3.8) is 0 Å². The van der Waals surface area contributed by atoms with Crippen LogP contribution in [0.3, 0.4) is 0 Å².